The van der Waals surface area contributed by atoms with Crippen LogP contribution in [0.4, 0.5) is 0 Å². The van der Waals surface area contributed by atoms with Gasteiger partial charge in [0.2, 0.25) is 0 Å². The normalized spacial score (nSPS) is 17.4. The molecule has 2 aromatic heterocycles. The standard InChI is InChI=1S/C21H15Cl2NO4/c22-13-5-11-17(6-14(13)23)28-21(25)19-18-12-8-24(7-10-1-2-10)9-26-15(12)3-4-16(18)27-20(11)19/h3-6,10H,1-2,7-9H2. The van der Waals surface area contributed by atoms with Gasteiger partial charge in [0.15, 0.2) is 5.58 Å². The second-order valence-electron chi connectivity index (χ2n) is 7.60. The summed E-state index contributed by atoms with van der Waals surface area (Å²) in [7, 11) is 0. The Kier molecular flexibility index (Phi) is 3.52. The third-order valence-corrected chi connectivity index (χ3v) is 6.31. The first-order chi connectivity index (χ1) is 13.6. The van der Waals surface area contributed by atoms with Crippen LogP contribution < -0.4 is 10.4 Å². The molecule has 7 heteroatoms. The summed E-state index contributed by atoms with van der Waals surface area (Å²) in [6.45, 7) is 2.30. The van der Waals surface area contributed by atoms with Crippen LogP contribution in [0.1, 0.15) is 18.4 Å². The van der Waals surface area contributed by atoms with Gasteiger partial charge in [-0.05, 0) is 37.0 Å². The summed E-state index contributed by atoms with van der Waals surface area (Å²) >= 11 is 12.3. The Hall–Kier alpha value is -2.21. The van der Waals surface area contributed by atoms with E-state index in [1.807, 2.05) is 12.1 Å². The van der Waals surface area contributed by atoms with Crippen molar-refractivity contribution in [3.63, 3.8) is 0 Å². The monoisotopic (exact) mass is 415 g/mol. The Bertz CT molecular complexity index is 1340. The van der Waals surface area contributed by atoms with E-state index in [0.29, 0.717) is 44.3 Å². The molecule has 2 aromatic carbocycles. The molecule has 1 saturated carbocycles. The molecule has 2 aliphatic rings. The molecular formula is C21H15Cl2NO4. The van der Waals surface area contributed by atoms with Crippen LogP contribution >= 0.6 is 23.2 Å². The molecule has 3 heterocycles. The van der Waals surface area contributed by atoms with E-state index in [1.54, 1.807) is 12.1 Å². The van der Waals surface area contributed by atoms with Crippen molar-refractivity contribution in [1.82, 2.24) is 4.90 Å². The highest BCUT2D eigenvalue weighted by molar-refractivity contribution is 6.43. The van der Waals surface area contributed by atoms with Crippen molar-refractivity contribution < 1.29 is 13.6 Å². The molecule has 5 nitrogen and oxygen atoms in total. The number of halogens is 2. The summed E-state index contributed by atoms with van der Waals surface area (Å²) in [4.78, 5) is 15.1. The fourth-order valence-corrected chi connectivity index (χ4v) is 4.39. The average molecular weight is 416 g/mol. The van der Waals surface area contributed by atoms with E-state index in [1.165, 1.54) is 12.8 Å². The number of hydrogen-bond acceptors (Lipinski definition) is 5. The summed E-state index contributed by atoms with van der Waals surface area (Å²) in [6.07, 6.45) is 2.56. The molecule has 0 radical (unpaired) electrons. The predicted molar refractivity (Wildman–Crippen MR) is 108 cm³/mol. The summed E-state index contributed by atoms with van der Waals surface area (Å²) in [6, 6.07) is 6.97. The van der Waals surface area contributed by atoms with Crippen molar-refractivity contribution in [3.05, 3.63) is 50.3 Å². The summed E-state index contributed by atoms with van der Waals surface area (Å²) < 4.78 is 17.6. The maximum Gasteiger partial charge on any atom is 0.348 e. The molecule has 1 aliphatic carbocycles. The molecule has 1 aliphatic heterocycles. The SMILES string of the molecule is O=c1oc2cc(Cl)c(Cl)cc2c2oc3ccc4c(c3c12)CN(CC1CC1)CO4. The quantitative estimate of drug-likeness (QED) is 0.401. The molecule has 0 unspecified atom stereocenters. The largest absolute Gasteiger partial charge is 0.478 e. The van der Waals surface area contributed by atoms with E-state index in [9.17, 15) is 4.79 Å². The van der Waals surface area contributed by atoms with E-state index >= 15 is 0 Å². The zero-order valence-corrected chi connectivity index (χ0v) is 16.3. The Balaban J connectivity index is 1.65. The highest BCUT2D eigenvalue weighted by atomic mass is 35.5. The maximum absolute atomic E-state index is 12.9. The first kappa shape index (κ1) is 16.7. The molecule has 1 fully saturated rings. The Morgan fingerprint density at radius 2 is 1.86 bits per heavy atom. The van der Waals surface area contributed by atoms with Crippen molar-refractivity contribution in [1.29, 1.82) is 0 Å². The molecular weight excluding hydrogens is 401 g/mol. The molecule has 4 aromatic rings. The third-order valence-electron chi connectivity index (χ3n) is 5.59. The number of hydrogen-bond donors (Lipinski definition) is 0. The van der Waals surface area contributed by atoms with Crippen LogP contribution in [0.3, 0.4) is 0 Å². The zero-order valence-electron chi connectivity index (χ0n) is 14.8. The minimum absolute atomic E-state index is 0.328. The van der Waals surface area contributed by atoms with Crippen molar-refractivity contribution >= 4 is 56.1 Å². The lowest BCUT2D eigenvalue weighted by atomic mass is 10.0. The number of furan rings is 1. The lowest BCUT2D eigenvalue weighted by molar-refractivity contribution is 0.0919. The van der Waals surface area contributed by atoms with Crippen molar-refractivity contribution in [2.24, 2.45) is 5.92 Å². The summed E-state index contributed by atoms with van der Waals surface area (Å²) in [5.41, 5.74) is 1.97. The molecule has 0 bridgehead atoms. The maximum atomic E-state index is 12.9. The first-order valence-corrected chi connectivity index (χ1v) is 9.99. The summed E-state index contributed by atoms with van der Waals surface area (Å²) in [5.74, 6) is 1.54. The van der Waals surface area contributed by atoms with Crippen LogP contribution in [-0.2, 0) is 6.54 Å². The second-order valence-corrected chi connectivity index (χ2v) is 8.42. The minimum atomic E-state index is -0.452. The van der Waals surface area contributed by atoms with E-state index in [4.69, 9.17) is 36.8 Å². The first-order valence-electron chi connectivity index (χ1n) is 9.23. The van der Waals surface area contributed by atoms with Gasteiger partial charge >= 0.3 is 5.63 Å². The molecule has 0 amide bonds. The fourth-order valence-electron chi connectivity index (χ4n) is 4.07. The van der Waals surface area contributed by atoms with Crippen molar-refractivity contribution in [2.75, 3.05) is 13.3 Å². The van der Waals surface area contributed by atoms with Gasteiger partial charge in [-0.25, -0.2) is 4.79 Å². The molecule has 6 rings (SSSR count). The minimum Gasteiger partial charge on any atom is -0.478 e. The fraction of sp³-hybridized carbons (Fsp3) is 0.286. The van der Waals surface area contributed by atoms with Crippen LogP contribution in [0.15, 0.2) is 37.9 Å². The van der Waals surface area contributed by atoms with Gasteiger partial charge in [0, 0.05) is 30.1 Å². The van der Waals surface area contributed by atoms with Gasteiger partial charge in [-0.1, -0.05) is 23.2 Å². The highest BCUT2D eigenvalue weighted by Crippen LogP contribution is 2.41. The lowest BCUT2D eigenvalue weighted by Gasteiger charge is -2.29. The molecule has 142 valence electrons. The number of nitrogens with zero attached hydrogens (tertiary/aromatic N) is 1. The van der Waals surface area contributed by atoms with Crippen LogP contribution in [0.25, 0.3) is 32.9 Å². The number of ether oxygens (including phenoxy) is 1. The van der Waals surface area contributed by atoms with Gasteiger partial charge < -0.3 is 13.6 Å². The van der Waals surface area contributed by atoms with E-state index in [0.717, 1.165) is 35.7 Å². The average Bonchev–Trinajstić information content (AvgIpc) is 3.39. The van der Waals surface area contributed by atoms with Gasteiger partial charge in [0.25, 0.3) is 0 Å². The number of benzene rings is 2. The van der Waals surface area contributed by atoms with Gasteiger partial charge in [-0.3, -0.25) is 4.90 Å². The highest BCUT2D eigenvalue weighted by Gasteiger charge is 2.29. The van der Waals surface area contributed by atoms with Crippen LogP contribution in [0.5, 0.6) is 5.75 Å². The number of fused-ring (bicyclic) bond motifs is 7. The molecule has 0 atom stereocenters. The van der Waals surface area contributed by atoms with E-state index in [2.05, 4.69) is 4.90 Å². The Morgan fingerprint density at radius 3 is 2.68 bits per heavy atom. The molecule has 0 N–H and O–H groups in total. The van der Waals surface area contributed by atoms with Crippen LogP contribution in [0.2, 0.25) is 10.0 Å². The van der Waals surface area contributed by atoms with Gasteiger partial charge in [-0.15, -0.1) is 0 Å². The second kappa shape index (κ2) is 5.89. The van der Waals surface area contributed by atoms with Crippen molar-refractivity contribution in [2.45, 2.75) is 19.4 Å². The summed E-state index contributed by atoms with van der Waals surface area (Å²) in [5, 5.41) is 2.52. The third kappa shape index (κ3) is 2.47. The topological polar surface area (TPSA) is 55.8 Å². The predicted octanol–water partition coefficient (Wildman–Crippen LogP) is 5.56. The van der Waals surface area contributed by atoms with Gasteiger partial charge in [-0.2, -0.15) is 0 Å². The van der Waals surface area contributed by atoms with Gasteiger partial charge in [0.05, 0.1) is 15.4 Å². The van der Waals surface area contributed by atoms with Gasteiger partial charge in [0.1, 0.15) is 29.0 Å². The Labute approximate surface area is 169 Å². The van der Waals surface area contributed by atoms with Crippen LogP contribution in [-0.4, -0.2) is 18.2 Å². The van der Waals surface area contributed by atoms with E-state index < -0.39 is 5.63 Å². The molecule has 28 heavy (non-hydrogen) atoms. The van der Waals surface area contributed by atoms with Crippen molar-refractivity contribution in [3.8, 4) is 5.75 Å². The molecule has 0 saturated heterocycles. The number of rotatable bonds is 2. The van der Waals surface area contributed by atoms with E-state index in [-0.39, 0.29) is 0 Å². The Morgan fingerprint density at radius 1 is 1.04 bits per heavy atom. The smallest absolute Gasteiger partial charge is 0.348 e. The zero-order chi connectivity index (χ0) is 19.0. The lowest BCUT2D eigenvalue weighted by Crippen LogP contribution is -2.33. The molecule has 0 spiro atoms. The van der Waals surface area contributed by atoms with Crippen LogP contribution in [0, 0.1) is 5.92 Å².